The van der Waals surface area contributed by atoms with Crippen molar-refractivity contribution in [2.75, 3.05) is 35.6 Å². The number of carbonyl (C=O) groups excluding carboxylic acids is 1. The molecule has 0 aliphatic carbocycles. The number of piperidine rings is 1. The van der Waals surface area contributed by atoms with Gasteiger partial charge >= 0.3 is 0 Å². The monoisotopic (exact) mass is 492 g/mol. The predicted molar refractivity (Wildman–Crippen MR) is 132 cm³/mol. The second-order valence-electron chi connectivity index (χ2n) is 8.91. The molecule has 0 saturated carbocycles. The quantitative estimate of drug-likeness (QED) is 0.445. The van der Waals surface area contributed by atoms with E-state index in [0.717, 1.165) is 51.3 Å². The lowest BCUT2D eigenvalue weighted by molar-refractivity contribution is 0.102. The number of anilines is 3. The maximum Gasteiger partial charge on any atom is 0.263 e. The van der Waals surface area contributed by atoms with Crippen LogP contribution in [0.3, 0.4) is 0 Å². The number of hydrogen-bond donors (Lipinski definition) is 2. The zero-order chi connectivity index (χ0) is 23.9. The molecule has 0 radical (unpaired) electrons. The molecule has 0 bridgehead atoms. The van der Waals surface area contributed by atoms with Gasteiger partial charge in [-0.2, -0.15) is 0 Å². The van der Waals surface area contributed by atoms with Crippen LogP contribution in [0.2, 0.25) is 5.02 Å². The van der Waals surface area contributed by atoms with Crippen LogP contribution in [0.15, 0.2) is 43.4 Å². The highest BCUT2D eigenvalue weighted by molar-refractivity contribution is 6.30. The Morgan fingerprint density at radius 2 is 1.97 bits per heavy atom. The van der Waals surface area contributed by atoms with Crippen molar-refractivity contribution in [1.29, 1.82) is 0 Å². The van der Waals surface area contributed by atoms with Crippen LogP contribution < -0.4 is 16.0 Å². The average molecular weight is 493 g/mol. The number of nitrogen functional groups attached to an aromatic ring is 1. The zero-order valence-corrected chi connectivity index (χ0v) is 19.8. The van der Waals surface area contributed by atoms with Crippen molar-refractivity contribution in [3.8, 4) is 0 Å². The smallest absolute Gasteiger partial charge is 0.263 e. The van der Waals surface area contributed by atoms with Crippen LogP contribution in [-0.2, 0) is 13.1 Å². The minimum absolute atomic E-state index is 0.0893. The van der Waals surface area contributed by atoms with E-state index in [1.807, 2.05) is 18.6 Å². The van der Waals surface area contributed by atoms with E-state index in [4.69, 9.17) is 17.3 Å². The van der Waals surface area contributed by atoms with Crippen LogP contribution >= 0.6 is 11.6 Å². The molecule has 11 nitrogen and oxygen atoms in total. The van der Waals surface area contributed by atoms with Gasteiger partial charge < -0.3 is 20.5 Å². The molecule has 0 aromatic carbocycles. The summed E-state index contributed by atoms with van der Waals surface area (Å²) in [5.41, 5.74) is 9.44. The van der Waals surface area contributed by atoms with Gasteiger partial charge in [-0.3, -0.25) is 14.7 Å². The number of amides is 1. The molecule has 3 N–H and O–H groups in total. The summed E-state index contributed by atoms with van der Waals surface area (Å²) in [5, 5.41) is 7.54. The number of hydrogen-bond acceptors (Lipinski definition) is 8. The first-order chi connectivity index (χ1) is 17.1. The molecule has 2 aliphatic heterocycles. The number of carbonyl (C=O) groups is 1. The summed E-state index contributed by atoms with van der Waals surface area (Å²) in [6, 6.07) is 2.47. The number of halogens is 1. The van der Waals surface area contributed by atoms with E-state index in [2.05, 4.69) is 39.7 Å². The van der Waals surface area contributed by atoms with Gasteiger partial charge in [0, 0.05) is 57.4 Å². The molecule has 180 valence electrons. The Balaban J connectivity index is 1.16. The van der Waals surface area contributed by atoms with Crippen molar-refractivity contribution in [3.63, 3.8) is 0 Å². The van der Waals surface area contributed by atoms with Gasteiger partial charge in [-0.1, -0.05) is 11.6 Å². The van der Waals surface area contributed by atoms with E-state index >= 15 is 0 Å². The van der Waals surface area contributed by atoms with Crippen LogP contribution in [-0.4, -0.2) is 65.6 Å². The van der Waals surface area contributed by atoms with E-state index in [-0.39, 0.29) is 17.3 Å². The maximum atomic E-state index is 13.2. The van der Waals surface area contributed by atoms with Gasteiger partial charge in [-0.05, 0) is 18.9 Å². The predicted octanol–water partition coefficient (Wildman–Crippen LogP) is 2.29. The lowest BCUT2D eigenvalue weighted by Crippen LogP contribution is -2.47. The Bertz CT molecular complexity index is 1390. The largest absolute Gasteiger partial charge is 0.381 e. The molecule has 1 amide bonds. The third kappa shape index (κ3) is 4.06. The van der Waals surface area contributed by atoms with Crippen molar-refractivity contribution < 1.29 is 4.79 Å². The van der Waals surface area contributed by atoms with Crippen molar-refractivity contribution >= 4 is 40.3 Å². The second-order valence-corrected chi connectivity index (χ2v) is 9.35. The molecule has 0 unspecified atom stereocenters. The lowest BCUT2D eigenvalue weighted by Gasteiger charge is -2.41. The number of nitrogens with two attached hydrogens (primary N) is 1. The van der Waals surface area contributed by atoms with Crippen LogP contribution in [0.5, 0.6) is 0 Å². The summed E-state index contributed by atoms with van der Waals surface area (Å²) in [4.78, 5) is 30.8. The fraction of sp³-hybridized carbons (Fsp3) is 0.348. The van der Waals surface area contributed by atoms with Gasteiger partial charge in [-0.15, -0.1) is 5.10 Å². The van der Waals surface area contributed by atoms with E-state index in [1.165, 1.54) is 16.4 Å². The van der Waals surface area contributed by atoms with Gasteiger partial charge in [0.1, 0.15) is 5.56 Å². The van der Waals surface area contributed by atoms with Gasteiger partial charge in [-0.25, -0.2) is 14.5 Å². The molecule has 12 heteroatoms. The van der Waals surface area contributed by atoms with Crippen molar-refractivity contribution in [2.45, 2.75) is 32.0 Å². The highest BCUT2D eigenvalue weighted by Crippen LogP contribution is 2.31. The standard InChI is InChI=1S/C23H25ClN10O/c24-15-9-28-22-20(21(25)30-34(22)12-15)23(35)29-18-11-26-4-1-19(18)31-5-2-16(3-6-31)32-7-8-33-14-27-10-17(33)13-32/h1,4,9-12,14,16H,2-3,5-8,13H2,(H2,25,30)(H,29,35). The van der Waals surface area contributed by atoms with E-state index in [9.17, 15) is 4.79 Å². The van der Waals surface area contributed by atoms with Gasteiger partial charge in [0.2, 0.25) is 0 Å². The van der Waals surface area contributed by atoms with Crippen LogP contribution in [0.25, 0.3) is 5.65 Å². The van der Waals surface area contributed by atoms with Crippen LogP contribution in [0, 0.1) is 0 Å². The first kappa shape index (κ1) is 21.8. The topological polar surface area (TPSA) is 122 Å². The molecule has 4 aromatic heterocycles. The summed E-state index contributed by atoms with van der Waals surface area (Å²) in [6.45, 7) is 4.77. The maximum absolute atomic E-state index is 13.2. The molecule has 35 heavy (non-hydrogen) atoms. The number of aromatic nitrogens is 6. The fourth-order valence-corrected chi connectivity index (χ4v) is 5.22. The first-order valence-corrected chi connectivity index (χ1v) is 12.0. The molecule has 4 aromatic rings. The Hall–Kier alpha value is -3.70. The third-order valence-corrected chi connectivity index (χ3v) is 7.05. The summed E-state index contributed by atoms with van der Waals surface area (Å²) in [7, 11) is 0. The molecule has 0 spiro atoms. The molecular formula is C23H25ClN10O. The summed E-state index contributed by atoms with van der Waals surface area (Å²) >= 11 is 5.99. The first-order valence-electron chi connectivity index (χ1n) is 11.6. The van der Waals surface area contributed by atoms with E-state index in [1.54, 1.807) is 18.6 Å². The number of nitrogens with zero attached hydrogens (tertiary/aromatic N) is 8. The highest BCUT2D eigenvalue weighted by atomic mass is 35.5. The summed E-state index contributed by atoms with van der Waals surface area (Å²) < 4.78 is 3.65. The number of fused-ring (bicyclic) bond motifs is 2. The Morgan fingerprint density at radius 1 is 1.11 bits per heavy atom. The van der Waals surface area contributed by atoms with Gasteiger partial charge in [0.25, 0.3) is 5.91 Å². The van der Waals surface area contributed by atoms with Gasteiger partial charge in [0.05, 0.1) is 40.8 Å². The minimum Gasteiger partial charge on any atom is -0.381 e. The lowest BCUT2D eigenvalue weighted by atomic mass is 10.0. The van der Waals surface area contributed by atoms with Crippen molar-refractivity contribution in [2.24, 2.45) is 0 Å². The number of rotatable bonds is 4. The Morgan fingerprint density at radius 3 is 2.83 bits per heavy atom. The molecule has 6 rings (SSSR count). The molecule has 1 saturated heterocycles. The number of pyridine rings is 1. The normalized spacial score (nSPS) is 17.0. The molecule has 1 fully saturated rings. The van der Waals surface area contributed by atoms with Crippen LogP contribution in [0.1, 0.15) is 28.9 Å². The second kappa shape index (κ2) is 8.82. The number of nitrogens with one attached hydrogen (secondary N) is 1. The van der Waals surface area contributed by atoms with Gasteiger partial charge in [0.15, 0.2) is 11.5 Å². The SMILES string of the molecule is Nc1nn2cc(Cl)cnc2c1C(=O)Nc1cnccc1N1CCC(N2CCn3cncc3C2)CC1. The molecule has 0 atom stereocenters. The Kier molecular flexibility index (Phi) is 5.50. The molecule has 2 aliphatic rings. The third-order valence-electron chi connectivity index (χ3n) is 6.85. The Labute approximate surface area is 206 Å². The molecule has 6 heterocycles. The van der Waals surface area contributed by atoms with E-state index < -0.39 is 0 Å². The van der Waals surface area contributed by atoms with Crippen molar-refractivity contribution in [3.05, 3.63) is 59.7 Å². The fourth-order valence-electron chi connectivity index (χ4n) is 5.08. The van der Waals surface area contributed by atoms with Crippen LogP contribution in [0.4, 0.5) is 17.2 Å². The minimum atomic E-state index is -0.388. The van der Waals surface area contributed by atoms with Crippen molar-refractivity contribution in [1.82, 2.24) is 34.0 Å². The molecular weight excluding hydrogens is 468 g/mol. The summed E-state index contributed by atoms with van der Waals surface area (Å²) in [5.74, 6) is -0.298. The zero-order valence-electron chi connectivity index (χ0n) is 19.0. The summed E-state index contributed by atoms with van der Waals surface area (Å²) in [6.07, 6.45) is 12.4. The highest BCUT2D eigenvalue weighted by Gasteiger charge is 2.29. The van der Waals surface area contributed by atoms with E-state index in [0.29, 0.717) is 22.4 Å². The number of imidazole rings is 1. The average Bonchev–Trinajstić information content (AvgIpc) is 3.47.